The molecule has 0 N–H and O–H groups in total. The number of piperazine rings is 1. The van der Waals surface area contributed by atoms with E-state index < -0.39 is 9.84 Å². The van der Waals surface area contributed by atoms with Crippen molar-refractivity contribution in [2.45, 2.75) is 23.6 Å². The van der Waals surface area contributed by atoms with Crippen LogP contribution in [0.25, 0.3) is 0 Å². The number of aromatic nitrogens is 1. The number of sulfone groups is 1. The van der Waals surface area contributed by atoms with Crippen molar-refractivity contribution in [3.8, 4) is 0 Å². The number of hydrogen-bond donors (Lipinski definition) is 0. The van der Waals surface area contributed by atoms with E-state index >= 15 is 0 Å². The van der Waals surface area contributed by atoms with Crippen LogP contribution in [0.4, 0.5) is 0 Å². The zero-order chi connectivity index (χ0) is 22.6. The maximum Gasteiger partial charge on any atom is 0.253 e. The Hall–Kier alpha value is -3.03. The first-order valence-corrected chi connectivity index (χ1v) is 12.4. The van der Waals surface area contributed by atoms with Crippen molar-refractivity contribution < 1.29 is 13.2 Å². The van der Waals surface area contributed by atoms with Gasteiger partial charge >= 0.3 is 0 Å². The smallest absolute Gasteiger partial charge is 0.253 e. The molecule has 4 rings (SSSR count). The van der Waals surface area contributed by atoms with Crippen LogP contribution in [-0.4, -0.2) is 55.3 Å². The first-order valence-electron chi connectivity index (χ1n) is 10.7. The normalized spacial score (nSPS) is 16.0. The quantitative estimate of drug-likeness (QED) is 0.575. The van der Waals surface area contributed by atoms with E-state index in [2.05, 4.69) is 16.8 Å². The molecule has 6 nitrogen and oxygen atoms in total. The number of hydrogen-bond acceptors (Lipinski definition) is 5. The van der Waals surface area contributed by atoms with Crippen molar-refractivity contribution in [2.24, 2.45) is 0 Å². The summed E-state index contributed by atoms with van der Waals surface area (Å²) in [5.74, 6) is -0.192. The van der Waals surface area contributed by atoms with Gasteiger partial charge in [-0.15, -0.1) is 0 Å². The Morgan fingerprint density at radius 1 is 0.938 bits per heavy atom. The Balaban J connectivity index is 1.40. The summed E-state index contributed by atoms with van der Waals surface area (Å²) in [5.41, 5.74) is 2.17. The number of nitrogens with zero attached hydrogens (tertiary/aromatic N) is 3. The van der Waals surface area contributed by atoms with Crippen LogP contribution in [0.2, 0.25) is 0 Å². The van der Waals surface area contributed by atoms with Gasteiger partial charge in [-0.05, 0) is 48.9 Å². The Kier molecular flexibility index (Phi) is 6.67. The number of rotatable bonds is 6. The highest BCUT2D eigenvalue weighted by Crippen LogP contribution is 2.21. The molecule has 0 radical (unpaired) electrons. The molecule has 1 aliphatic rings. The lowest BCUT2D eigenvalue weighted by molar-refractivity contribution is 0.0579. The van der Waals surface area contributed by atoms with Crippen LogP contribution in [0, 0.1) is 0 Å². The Morgan fingerprint density at radius 2 is 1.66 bits per heavy atom. The number of amides is 1. The average molecular weight is 450 g/mol. The molecule has 1 fully saturated rings. The minimum Gasteiger partial charge on any atom is -0.336 e. The summed E-state index contributed by atoms with van der Waals surface area (Å²) >= 11 is 0. The summed E-state index contributed by atoms with van der Waals surface area (Å²) in [7, 11) is -3.46. The second kappa shape index (κ2) is 9.63. The zero-order valence-electron chi connectivity index (χ0n) is 18.1. The average Bonchev–Trinajstić information content (AvgIpc) is 2.84. The van der Waals surface area contributed by atoms with E-state index in [4.69, 9.17) is 0 Å². The van der Waals surface area contributed by atoms with Gasteiger partial charge < -0.3 is 4.90 Å². The summed E-state index contributed by atoms with van der Waals surface area (Å²) in [5, 5.41) is 0. The molecule has 166 valence electrons. The van der Waals surface area contributed by atoms with E-state index in [9.17, 15) is 13.2 Å². The summed E-state index contributed by atoms with van der Waals surface area (Å²) in [6, 6.07) is 21.5. The molecule has 1 aromatic heterocycles. The van der Waals surface area contributed by atoms with Gasteiger partial charge in [0, 0.05) is 44.0 Å². The van der Waals surface area contributed by atoms with Gasteiger partial charge in [0.15, 0.2) is 9.84 Å². The predicted molar refractivity (Wildman–Crippen MR) is 124 cm³/mol. The van der Waals surface area contributed by atoms with E-state index in [1.54, 1.807) is 60.8 Å². The number of benzene rings is 2. The van der Waals surface area contributed by atoms with Crippen LogP contribution in [0.5, 0.6) is 0 Å². The van der Waals surface area contributed by atoms with Crippen molar-refractivity contribution in [3.05, 3.63) is 95.8 Å². The van der Waals surface area contributed by atoms with Crippen LogP contribution < -0.4 is 0 Å². The molecule has 0 bridgehead atoms. The SMILES string of the molecule is C[C@@H](c1ccccn1)N1CCN(C(=O)c2cccc(CS(=O)(=O)c3ccccc3)c2)CC1. The Morgan fingerprint density at radius 3 is 2.34 bits per heavy atom. The second-order valence-corrected chi connectivity index (χ2v) is 10.0. The van der Waals surface area contributed by atoms with Crippen molar-refractivity contribution in [1.29, 1.82) is 0 Å². The molecular formula is C25H27N3O3S. The van der Waals surface area contributed by atoms with Gasteiger partial charge in [0.25, 0.3) is 5.91 Å². The second-order valence-electron chi connectivity index (χ2n) is 8.03. The van der Waals surface area contributed by atoms with Gasteiger partial charge in [-0.3, -0.25) is 14.7 Å². The molecule has 0 spiro atoms. The lowest BCUT2D eigenvalue weighted by atomic mass is 10.1. The highest BCUT2D eigenvalue weighted by molar-refractivity contribution is 7.90. The number of carbonyl (C=O) groups excluding carboxylic acids is 1. The Labute approximate surface area is 189 Å². The third-order valence-electron chi connectivity index (χ3n) is 5.90. The molecule has 1 atom stereocenters. The van der Waals surface area contributed by atoms with E-state index in [1.165, 1.54) is 0 Å². The van der Waals surface area contributed by atoms with Crippen LogP contribution >= 0.6 is 0 Å². The molecule has 2 heterocycles. The van der Waals surface area contributed by atoms with Gasteiger partial charge in [0.2, 0.25) is 0 Å². The minimum atomic E-state index is -3.46. The maximum absolute atomic E-state index is 13.1. The van der Waals surface area contributed by atoms with Gasteiger partial charge in [-0.25, -0.2) is 8.42 Å². The van der Waals surface area contributed by atoms with Crippen molar-refractivity contribution >= 4 is 15.7 Å². The fourth-order valence-corrected chi connectivity index (χ4v) is 5.39. The summed E-state index contributed by atoms with van der Waals surface area (Å²) in [6.45, 7) is 4.93. The molecule has 1 aliphatic heterocycles. The molecule has 0 saturated carbocycles. The topological polar surface area (TPSA) is 70.6 Å². The first-order chi connectivity index (χ1) is 15.4. The predicted octanol–water partition coefficient (Wildman–Crippen LogP) is 3.57. The number of carbonyl (C=O) groups is 1. The zero-order valence-corrected chi connectivity index (χ0v) is 18.9. The lowest BCUT2D eigenvalue weighted by Gasteiger charge is -2.37. The summed E-state index contributed by atoms with van der Waals surface area (Å²) < 4.78 is 25.4. The molecule has 7 heteroatoms. The molecule has 0 unspecified atom stereocenters. The monoisotopic (exact) mass is 449 g/mol. The minimum absolute atomic E-state index is 0.0610. The third-order valence-corrected chi connectivity index (χ3v) is 7.60. The maximum atomic E-state index is 13.1. The fourth-order valence-electron chi connectivity index (χ4n) is 4.03. The molecule has 2 aromatic carbocycles. The lowest BCUT2D eigenvalue weighted by Crippen LogP contribution is -2.49. The van der Waals surface area contributed by atoms with E-state index in [-0.39, 0.29) is 22.6 Å². The first kappa shape index (κ1) is 22.2. The summed E-state index contributed by atoms with van der Waals surface area (Å²) in [6.07, 6.45) is 1.80. The molecule has 0 aliphatic carbocycles. The van der Waals surface area contributed by atoms with Gasteiger partial charge in [0.05, 0.1) is 16.3 Å². The fraction of sp³-hybridized carbons (Fsp3) is 0.280. The van der Waals surface area contributed by atoms with E-state index in [0.29, 0.717) is 24.2 Å². The van der Waals surface area contributed by atoms with E-state index in [0.717, 1.165) is 18.8 Å². The highest BCUT2D eigenvalue weighted by atomic mass is 32.2. The molecular weight excluding hydrogens is 422 g/mol. The highest BCUT2D eigenvalue weighted by Gasteiger charge is 2.26. The third kappa shape index (κ3) is 5.06. The summed E-state index contributed by atoms with van der Waals surface area (Å²) in [4.78, 5) is 22.0. The number of pyridine rings is 1. The largest absolute Gasteiger partial charge is 0.336 e. The van der Waals surface area contributed by atoms with Gasteiger partial charge in [-0.2, -0.15) is 0 Å². The van der Waals surface area contributed by atoms with E-state index in [1.807, 2.05) is 23.1 Å². The van der Waals surface area contributed by atoms with Crippen molar-refractivity contribution in [1.82, 2.24) is 14.8 Å². The Bertz CT molecular complexity index is 1160. The van der Waals surface area contributed by atoms with Crippen LogP contribution in [-0.2, 0) is 15.6 Å². The molecule has 1 saturated heterocycles. The standard InChI is InChI=1S/C25H27N3O3S/c1-20(24-12-5-6-13-26-24)27-14-16-28(17-15-27)25(29)22-9-7-8-21(18-22)19-32(30,31)23-10-3-2-4-11-23/h2-13,18,20H,14-17,19H2,1H3/t20-/m0/s1. The molecule has 3 aromatic rings. The van der Waals surface area contributed by atoms with Crippen LogP contribution in [0.3, 0.4) is 0 Å². The molecule has 32 heavy (non-hydrogen) atoms. The van der Waals surface area contributed by atoms with Gasteiger partial charge in [0.1, 0.15) is 0 Å². The van der Waals surface area contributed by atoms with Crippen molar-refractivity contribution in [2.75, 3.05) is 26.2 Å². The molecule has 1 amide bonds. The van der Waals surface area contributed by atoms with Gasteiger partial charge in [-0.1, -0.05) is 36.4 Å². The van der Waals surface area contributed by atoms with Crippen LogP contribution in [0.15, 0.2) is 83.9 Å². The van der Waals surface area contributed by atoms with Crippen molar-refractivity contribution in [3.63, 3.8) is 0 Å². The van der Waals surface area contributed by atoms with Crippen LogP contribution in [0.1, 0.15) is 34.6 Å².